The summed E-state index contributed by atoms with van der Waals surface area (Å²) in [5.74, 6) is 0.488. The van der Waals surface area contributed by atoms with E-state index in [0.717, 1.165) is 12.0 Å². The van der Waals surface area contributed by atoms with Gasteiger partial charge in [0.15, 0.2) is 6.61 Å². The molecule has 1 atom stereocenters. The number of nitrogens with one attached hydrogen (secondary N) is 1. The maximum atomic E-state index is 12.5. The SMILES string of the molecule is CNC(=O)COc1cccc(CC(=O)N2CCOCCC2C)c1. The first-order valence-corrected chi connectivity index (χ1v) is 7.89. The van der Waals surface area contributed by atoms with Crippen LogP contribution in [0.25, 0.3) is 0 Å². The Balaban J connectivity index is 1.96. The summed E-state index contributed by atoms with van der Waals surface area (Å²) in [6, 6.07) is 7.50. The molecule has 2 rings (SSSR count). The molecule has 1 aliphatic heterocycles. The topological polar surface area (TPSA) is 67.9 Å². The lowest BCUT2D eigenvalue weighted by Crippen LogP contribution is -2.40. The highest BCUT2D eigenvalue weighted by Gasteiger charge is 2.22. The van der Waals surface area contributed by atoms with Gasteiger partial charge < -0.3 is 19.7 Å². The van der Waals surface area contributed by atoms with E-state index >= 15 is 0 Å². The van der Waals surface area contributed by atoms with E-state index in [1.807, 2.05) is 17.0 Å². The molecule has 0 radical (unpaired) electrons. The summed E-state index contributed by atoms with van der Waals surface area (Å²) < 4.78 is 10.8. The monoisotopic (exact) mass is 320 g/mol. The van der Waals surface area contributed by atoms with E-state index in [-0.39, 0.29) is 24.5 Å². The summed E-state index contributed by atoms with van der Waals surface area (Å²) in [5.41, 5.74) is 0.877. The first-order chi connectivity index (χ1) is 11.1. The summed E-state index contributed by atoms with van der Waals surface area (Å²) in [6.45, 7) is 3.94. The van der Waals surface area contributed by atoms with Gasteiger partial charge in [0.25, 0.3) is 5.91 Å². The van der Waals surface area contributed by atoms with Crippen molar-refractivity contribution >= 4 is 11.8 Å². The summed E-state index contributed by atoms with van der Waals surface area (Å²) >= 11 is 0. The van der Waals surface area contributed by atoms with E-state index in [2.05, 4.69) is 12.2 Å². The van der Waals surface area contributed by atoms with E-state index in [0.29, 0.717) is 31.9 Å². The van der Waals surface area contributed by atoms with Crippen LogP contribution in [0.2, 0.25) is 0 Å². The fourth-order valence-electron chi connectivity index (χ4n) is 2.51. The summed E-state index contributed by atoms with van der Waals surface area (Å²) in [6.07, 6.45) is 1.18. The maximum Gasteiger partial charge on any atom is 0.257 e. The fourth-order valence-corrected chi connectivity index (χ4v) is 2.51. The molecule has 23 heavy (non-hydrogen) atoms. The second kappa shape index (κ2) is 8.53. The minimum Gasteiger partial charge on any atom is -0.484 e. The molecule has 1 saturated heterocycles. The Morgan fingerprint density at radius 3 is 3.00 bits per heavy atom. The first kappa shape index (κ1) is 17.3. The van der Waals surface area contributed by atoms with Crippen LogP contribution >= 0.6 is 0 Å². The zero-order valence-electron chi connectivity index (χ0n) is 13.7. The molecule has 126 valence electrons. The molecule has 1 unspecified atom stereocenters. The van der Waals surface area contributed by atoms with Crippen molar-refractivity contribution < 1.29 is 19.1 Å². The van der Waals surface area contributed by atoms with Crippen molar-refractivity contribution in [1.29, 1.82) is 0 Å². The number of amides is 2. The van der Waals surface area contributed by atoms with Gasteiger partial charge in [0, 0.05) is 26.2 Å². The summed E-state index contributed by atoms with van der Waals surface area (Å²) in [4.78, 5) is 25.6. The molecule has 0 aromatic heterocycles. The largest absolute Gasteiger partial charge is 0.484 e. The van der Waals surface area contributed by atoms with E-state index in [9.17, 15) is 9.59 Å². The molecule has 6 heteroatoms. The first-order valence-electron chi connectivity index (χ1n) is 7.89. The van der Waals surface area contributed by atoms with Gasteiger partial charge in [-0.15, -0.1) is 0 Å². The van der Waals surface area contributed by atoms with Crippen molar-refractivity contribution in [3.8, 4) is 5.75 Å². The lowest BCUT2D eigenvalue weighted by atomic mass is 10.1. The number of carbonyl (C=O) groups excluding carboxylic acids is 2. The average molecular weight is 320 g/mol. The minimum atomic E-state index is -0.190. The van der Waals surface area contributed by atoms with Crippen molar-refractivity contribution in [2.45, 2.75) is 25.8 Å². The third-order valence-electron chi connectivity index (χ3n) is 3.91. The molecular formula is C17H24N2O4. The lowest BCUT2D eigenvalue weighted by molar-refractivity contribution is -0.132. The summed E-state index contributed by atoms with van der Waals surface area (Å²) in [5, 5.41) is 2.50. The van der Waals surface area contributed by atoms with Gasteiger partial charge >= 0.3 is 0 Å². The van der Waals surface area contributed by atoms with Crippen LogP contribution < -0.4 is 10.1 Å². The van der Waals surface area contributed by atoms with Gasteiger partial charge in [0.2, 0.25) is 5.91 Å². The van der Waals surface area contributed by atoms with Crippen molar-refractivity contribution in [1.82, 2.24) is 10.2 Å². The second-order valence-electron chi connectivity index (χ2n) is 5.62. The molecule has 0 spiro atoms. The van der Waals surface area contributed by atoms with Gasteiger partial charge in [-0.1, -0.05) is 12.1 Å². The van der Waals surface area contributed by atoms with Crippen LogP contribution in [-0.4, -0.2) is 56.2 Å². The number of hydrogen-bond acceptors (Lipinski definition) is 4. The van der Waals surface area contributed by atoms with Crippen molar-refractivity contribution in [3.05, 3.63) is 29.8 Å². The second-order valence-corrected chi connectivity index (χ2v) is 5.62. The van der Waals surface area contributed by atoms with Crippen LogP contribution in [0.15, 0.2) is 24.3 Å². The van der Waals surface area contributed by atoms with E-state index < -0.39 is 0 Å². The van der Waals surface area contributed by atoms with Gasteiger partial charge in [0.1, 0.15) is 5.75 Å². The Kier molecular flexibility index (Phi) is 6.40. The number of hydrogen-bond donors (Lipinski definition) is 1. The molecule has 0 saturated carbocycles. The molecule has 0 bridgehead atoms. The zero-order valence-corrected chi connectivity index (χ0v) is 13.7. The number of carbonyl (C=O) groups is 2. The summed E-state index contributed by atoms with van der Waals surface area (Å²) in [7, 11) is 1.56. The maximum absolute atomic E-state index is 12.5. The third-order valence-corrected chi connectivity index (χ3v) is 3.91. The van der Waals surface area contributed by atoms with E-state index in [1.165, 1.54) is 0 Å². The van der Waals surface area contributed by atoms with Gasteiger partial charge in [-0.3, -0.25) is 9.59 Å². The molecule has 1 fully saturated rings. The molecule has 1 heterocycles. The highest BCUT2D eigenvalue weighted by molar-refractivity contribution is 5.79. The average Bonchev–Trinajstić information content (AvgIpc) is 2.77. The fraction of sp³-hybridized carbons (Fsp3) is 0.529. The number of rotatable bonds is 5. The smallest absolute Gasteiger partial charge is 0.257 e. The molecule has 1 N–H and O–H groups in total. The molecule has 0 aliphatic carbocycles. The van der Waals surface area contributed by atoms with Gasteiger partial charge in [0.05, 0.1) is 13.0 Å². The predicted octanol–water partition coefficient (Wildman–Crippen LogP) is 0.991. The van der Waals surface area contributed by atoms with Crippen LogP contribution in [0.1, 0.15) is 18.9 Å². The predicted molar refractivity (Wildman–Crippen MR) is 86.3 cm³/mol. The highest BCUT2D eigenvalue weighted by atomic mass is 16.5. The Labute approximate surface area is 136 Å². The molecular weight excluding hydrogens is 296 g/mol. The Morgan fingerprint density at radius 2 is 2.22 bits per heavy atom. The Hall–Kier alpha value is -2.08. The van der Waals surface area contributed by atoms with Gasteiger partial charge in [-0.05, 0) is 31.0 Å². The standard InChI is InChI=1S/C17H24N2O4/c1-13-6-8-22-9-7-19(13)17(21)11-14-4-3-5-15(10-14)23-12-16(20)18-2/h3-5,10,13H,6-9,11-12H2,1-2H3,(H,18,20). The van der Waals surface area contributed by atoms with Crippen molar-refractivity contribution in [3.63, 3.8) is 0 Å². The van der Waals surface area contributed by atoms with Gasteiger partial charge in [-0.25, -0.2) is 0 Å². The van der Waals surface area contributed by atoms with Crippen molar-refractivity contribution in [2.24, 2.45) is 0 Å². The van der Waals surface area contributed by atoms with E-state index in [1.54, 1.807) is 19.2 Å². The van der Waals surface area contributed by atoms with Gasteiger partial charge in [-0.2, -0.15) is 0 Å². The molecule has 1 aromatic carbocycles. The highest BCUT2D eigenvalue weighted by Crippen LogP contribution is 2.16. The van der Waals surface area contributed by atoms with Crippen molar-refractivity contribution in [2.75, 3.05) is 33.4 Å². The normalized spacial score (nSPS) is 18.2. The molecule has 1 aromatic rings. The van der Waals surface area contributed by atoms with Crippen LogP contribution in [0.3, 0.4) is 0 Å². The number of benzene rings is 1. The zero-order chi connectivity index (χ0) is 16.7. The number of ether oxygens (including phenoxy) is 2. The Morgan fingerprint density at radius 1 is 1.39 bits per heavy atom. The minimum absolute atomic E-state index is 0.0333. The molecule has 2 amide bonds. The number of nitrogens with zero attached hydrogens (tertiary/aromatic N) is 1. The van der Waals surface area contributed by atoms with Crippen LogP contribution in [0.5, 0.6) is 5.75 Å². The third kappa shape index (κ3) is 5.25. The van der Waals surface area contributed by atoms with E-state index in [4.69, 9.17) is 9.47 Å². The van der Waals surface area contributed by atoms with Crippen LogP contribution in [0, 0.1) is 0 Å². The molecule has 6 nitrogen and oxygen atoms in total. The van der Waals surface area contributed by atoms with Crippen LogP contribution in [-0.2, 0) is 20.7 Å². The molecule has 1 aliphatic rings. The quantitative estimate of drug-likeness (QED) is 0.878. The lowest BCUT2D eigenvalue weighted by Gasteiger charge is -2.26. The van der Waals surface area contributed by atoms with Crippen LogP contribution in [0.4, 0.5) is 0 Å². The Bertz CT molecular complexity index is 547. The number of likely N-dealkylation sites (N-methyl/N-ethyl adjacent to an activating group) is 1.